The molecule has 0 fully saturated rings. The maximum Gasteiger partial charge on any atom is 0.282 e. The van der Waals surface area contributed by atoms with Crippen LogP contribution in [0.2, 0.25) is 5.02 Å². The standard InChI is InChI=1S/C16H10ClFN6O/c17-10-6-2-1-5-9(10)15-20-16(25-22-15)13-14(19)24(23-21-13)12-8-4-3-7-11(12)18/h1-8H,19H2. The highest BCUT2D eigenvalue weighted by atomic mass is 35.5. The third-order valence-electron chi connectivity index (χ3n) is 3.53. The molecule has 2 heterocycles. The Morgan fingerprint density at radius 1 is 1.08 bits per heavy atom. The molecule has 25 heavy (non-hydrogen) atoms. The minimum Gasteiger partial charge on any atom is -0.382 e. The van der Waals surface area contributed by atoms with Gasteiger partial charge in [0.1, 0.15) is 11.5 Å². The molecule has 2 aromatic heterocycles. The van der Waals surface area contributed by atoms with Crippen LogP contribution in [0.5, 0.6) is 0 Å². The molecule has 0 aliphatic heterocycles. The largest absolute Gasteiger partial charge is 0.382 e. The van der Waals surface area contributed by atoms with Gasteiger partial charge in [-0.15, -0.1) is 5.10 Å². The molecule has 4 aromatic rings. The fourth-order valence-electron chi connectivity index (χ4n) is 2.31. The van der Waals surface area contributed by atoms with Crippen LogP contribution in [0.25, 0.3) is 28.7 Å². The first-order valence-electron chi connectivity index (χ1n) is 7.20. The topological polar surface area (TPSA) is 95.7 Å². The van der Waals surface area contributed by atoms with Crippen LogP contribution in [-0.2, 0) is 0 Å². The molecule has 0 aliphatic rings. The van der Waals surface area contributed by atoms with Gasteiger partial charge in [0.05, 0.1) is 5.02 Å². The number of nitrogen functional groups attached to an aromatic ring is 1. The average Bonchev–Trinajstić information content (AvgIpc) is 3.23. The second-order valence-electron chi connectivity index (χ2n) is 5.09. The number of aromatic nitrogens is 5. The van der Waals surface area contributed by atoms with Gasteiger partial charge >= 0.3 is 0 Å². The molecule has 0 saturated heterocycles. The van der Waals surface area contributed by atoms with E-state index in [4.69, 9.17) is 21.9 Å². The van der Waals surface area contributed by atoms with E-state index in [2.05, 4.69) is 20.5 Å². The molecule has 0 atom stereocenters. The Balaban J connectivity index is 1.75. The smallest absolute Gasteiger partial charge is 0.282 e. The molecule has 4 rings (SSSR count). The Hall–Kier alpha value is -3.26. The molecule has 124 valence electrons. The molecule has 7 nitrogen and oxygen atoms in total. The third-order valence-corrected chi connectivity index (χ3v) is 3.86. The van der Waals surface area contributed by atoms with Crippen molar-refractivity contribution in [3.63, 3.8) is 0 Å². The highest BCUT2D eigenvalue weighted by Crippen LogP contribution is 2.29. The van der Waals surface area contributed by atoms with Gasteiger partial charge in [-0.3, -0.25) is 0 Å². The zero-order valence-electron chi connectivity index (χ0n) is 12.6. The summed E-state index contributed by atoms with van der Waals surface area (Å²) in [6.45, 7) is 0. The predicted molar refractivity (Wildman–Crippen MR) is 89.5 cm³/mol. The number of benzene rings is 2. The minimum absolute atomic E-state index is 0.0648. The Kier molecular flexibility index (Phi) is 3.66. The third kappa shape index (κ3) is 2.62. The Morgan fingerprint density at radius 3 is 2.64 bits per heavy atom. The predicted octanol–water partition coefficient (Wildman–Crippen LogP) is 3.36. The summed E-state index contributed by atoms with van der Waals surface area (Å²) in [5.74, 6) is -0.0390. The highest BCUT2D eigenvalue weighted by molar-refractivity contribution is 6.33. The number of hydrogen-bond acceptors (Lipinski definition) is 6. The molecular formula is C16H10ClFN6O. The molecule has 2 N–H and O–H groups in total. The van der Waals surface area contributed by atoms with Crippen molar-refractivity contribution in [2.24, 2.45) is 0 Å². The van der Waals surface area contributed by atoms with Gasteiger partial charge in [-0.2, -0.15) is 9.67 Å². The first kappa shape index (κ1) is 15.3. The van der Waals surface area contributed by atoms with Crippen molar-refractivity contribution in [3.8, 4) is 28.7 Å². The quantitative estimate of drug-likeness (QED) is 0.604. The molecular weight excluding hydrogens is 347 g/mol. The van der Waals surface area contributed by atoms with Gasteiger partial charge in [0.15, 0.2) is 11.5 Å². The SMILES string of the molecule is Nc1c(-c2nc(-c3ccccc3Cl)no2)nnn1-c1ccccc1F. The number of hydrogen-bond donors (Lipinski definition) is 1. The van der Waals surface area contributed by atoms with Crippen LogP contribution in [0.4, 0.5) is 10.2 Å². The number of rotatable bonds is 3. The van der Waals surface area contributed by atoms with E-state index in [0.717, 1.165) is 0 Å². The van der Waals surface area contributed by atoms with E-state index < -0.39 is 5.82 Å². The molecule has 0 saturated carbocycles. The van der Waals surface area contributed by atoms with Crippen molar-refractivity contribution >= 4 is 17.4 Å². The van der Waals surface area contributed by atoms with Crippen molar-refractivity contribution in [2.45, 2.75) is 0 Å². The molecule has 0 unspecified atom stereocenters. The monoisotopic (exact) mass is 356 g/mol. The van der Waals surface area contributed by atoms with Crippen molar-refractivity contribution in [1.29, 1.82) is 0 Å². The maximum absolute atomic E-state index is 13.9. The molecule has 9 heteroatoms. The molecule has 0 bridgehead atoms. The fraction of sp³-hybridized carbons (Fsp3) is 0. The van der Waals surface area contributed by atoms with Gasteiger partial charge in [-0.05, 0) is 24.3 Å². The summed E-state index contributed by atoms with van der Waals surface area (Å²) in [6, 6.07) is 13.2. The van der Waals surface area contributed by atoms with E-state index in [9.17, 15) is 4.39 Å². The lowest BCUT2D eigenvalue weighted by molar-refractivity contribution is 0.431. The van der Waals surface area contributed by atoms with Crippen LogP contribution in [0, 0.1) is 5.82 Å². The van der Waals surface area contributed by atoms with Gasteiger partial charge < -0.3 is 10.3 Å². The Morgan fingerprint density at radius 2 is 1.84 bits per heavy atom. The molecule has 0 radical (unpaired) electrons. The minimum atomic E-state index is -0.479. The second kappa shape index (κ2) is 5.99. The zero-order valence-corrected chi connectivity index (χ0v) is 13.4. The molecule has 0 aliphatic carbocycles. The van der Waals surface area contributed by atoms with Gasteiger partial charge in [0.2, 0.25) is 5.82 Å². The fourth-order valence-corrected chi connectivity index (χ4v) is 2.53. The van der Waals surface area contributed by atoms with Crippen LogP contribution in [0.1, 0.15) is 0 Å². The Bertz CT molecular complexity index is 1060. The summed E-state index contributed by atoms with van der Waals surface area (Å²) >= 11 is 6.13. The van der Waals surface area contributed by atoms with Gasteiger partial charge in [0.25, 0.3) is 5.89 Å². The lowest BCUT2D eigenvalue weighted by Crippen LogP contribution is -2.04. The highest BCUT2D eigenvalue weighted by Gasteiger charge is 2.21. The van der Waals surface area contributed by atoms with Gasteiger partial charge in [-0.1, -0.05) is 46.2 Å². The lowest BCUT2D eigenvalue weighted by atomic mass is 10.2. The Labute approximate surface area is 145 Å². The van der Waals surface area contributed by atoms with E-state index in [1.165, 1.54) is 16.8 Å². The van der Waals surface area contributed by atoms with Crippen LogP contribution < -0.4 is 5.73 Å². The molecule has 0 amide bonds. The summed E-state index contributed by atoms with van der Waals surface area (Å²) in [7, 11) is 0. The van der Waals surface area contributed by atoms with Crippen LogP contribution in [0.3, 0.4) is 0 Å². The summed E-state index contributed by atoms with van der Waals surface area (Å²) < 4.78 is 20.3. The summed E-state index contributed by atoms with van der Waals surface area (Å²) in [6.07, 6.45) is 0. The normalized spacial score (nSPS) is 11.0. The average molecular weight is 357 g/mol. The summed E-state index contributed by atoms with van der Waals surface area (Å²) in [5, 5.41) is 12.2. The molecule has 2 aromatic carbocycles. The van der Waals surface area contributed by atoms with Crippen LogP contribution in [-0.4, -0.2) is 25.1 Å². The number of para-hydroxylation sites is 1. The number of nitrogens with zero attached hydrogens (tertiary/aromatic N) is 5. The van der Waals surface area contributed by atoms with Crippen LogP contribution >= 0.6 is 11.6 Å². The van der Waals surface area contributed by atoms with E-state index >= 15 is 0 Å². The van der Waals surface area contributed by atoms with E-state index in [1.807, 2.05) is 0 Å². The zero-order chi connectivity index (χ0) is 17.4. The number of halogens is 2. The first-order chi connectivity index (χ1) is 12.1. The van der Waals surface area contributed by atoms with Gasteiger partial charge in [0, 0.05) is 5.56 Å². The lowest BCUT2D eigenvalue weighted by Gasteiger charge is -2.03. The van der Waals surface area contributed by atoms with Crippen molar-refractivity contribution in [3.05, 3.63) is 59.4 Å². The van der Waals surface area contributed by atoms with Crippen molar-refractivity contribution in [1.82, 2.24) is 25.1 Å². The van der Waals surface area contributed by atoms with E-state index in [0.29, 0.717) is 16.4 Å². The first-order valence-corrected chi connectivity index (χ1v) is 7.58. The number of nitrogens with two attached hydrogens (primary N) is 1. The van der Waals surface area contributed by atoms with E-state index in [1.54, 1.807) is 36.4 Å². The number of anilines is 1. The molecule has 0 spiro atoms. The van der Waals surface area contributed by atoms with E-state index in [-0.39, 0.29) is 23.1 Å². The van der Waals surface area contributed by atoms with Crippen molar-refractivity contribution < 1.29 is 8.91 Å². The second-order valence-corrected chi connectivity index (χ2v) is 5.50. The maximum atomic E-state index is 13.9. The van der Waals surface area contributed by atoms with Gasteiger partial charge in [-0.25, -0.2) is 4.39 Å². The summed E-state index contributed by atoms with van der Waals surface area (Å²) in [5.41, 5.74) is 6.97. The summed E-state index contributed by atoms with van der Waals surface area (Å²) in [4.78, 5) is 4.25. The van der Waals surface area contributed by atoms with Crippen molar-refractivity contribution in [2.75, 3.05) is 5.73 Å². The van der Waals surface area contributed by atoms with Crippen LogP contribution in [0.15, 0.2) is 53.1 Å².